The molecule has 1 atom stereocenters. The number of ether oxygens (including phenoxy) is 1. The summed E-state index contributed by atoms with van der Waals surface area (Å²) in [6.45, 7) is 2.27. The van der Waals surface area contributed by atoms with E-state index in [9.17, 15) is 4.79 Å². The van der Waals surface area contributed by atoms with Gasteiger partial charge in [0.25, 0.3) is 0 Å². The second-order valence-electron chi connectivity index (χ2n) is 8.28. The smallest absolute Gasteiger partial charge is 0.224 e. The Balaban J connectivity index is 1.21. The highest BCUT2D eigenvalue weighted by atomic mass is 32.1. The molecule has 0 aliphatic carbocycles. The number of carbonyl (C=O) groups is 1. The van der Waals surface area contributed by atoms with Crippen molar-refractivity contribution in [3.8, 4) is 17.0 Å². The van der Waals surface area contributed by atoms with Crippen molar-refractivity contribution in [3.63, 3.8) is 0 Å². The molecular formula is C25H27N5O2S. The van der Waals surface area contributed by atoms with Crippen LogP contribution in [-0.4, -0.2) is 47.2 Å². The predicted molar refractivity (Wildman–Crippen MR) is 131 cm³/mol. The van der Waals surface area contributed by atoms with Crippen LogP contribution >= 0.6 is 11.3 Å². The monoisotopic (exact) mass is 461 g/mol. The summed E-state index contributed by atoms with van der Waals surface area (Å²) in [5, 5.41) is 8.79. The van der Waals surface area contributed by atoms with E-state index in [1.165, 1.54) is 5.56 Å². The number of fused-ring (bicyclic) bond motifs is 1. The fraction of sp³-hybridized carbons (Fsp3) is 0.320. The molecule has 0 spiro atoms. The molecule has 1 saturated heterocycles. The molecule has 2 aromatic heterocycles. The summed E-state index contributed by atoms with van der Waals surface area (Å²) in [5.41, 5.74) is 3.15. The third-order valence-electron chi connectivity index (χ3n) is 6.04. The summed E-state index contributed by atoms with van der Waals surface area (Å²) >= 11 is 1.57. The maximum absolute atomic E-state index is 12.8. The second-order valence-corrected chi connectivity index (χ2v) is 9.21. The lowest BCUT2D eigenvalue weighted by Gasteiger charge is -2.31. The Hall–Kier alpha value is -3.39. The average molecular weight is 462 g/mol. The van der Waals surface area contributed by atoms with Crippen molar-refractivity contribution < 1.29 is 9.53 Å². The number of anilines is 1. The highest BCUT2D eigenvalue weighted by Crippen LogP contribution is 2.30. The summed E-state index contributed by atoms with van der Waals surface area (Å²) in [5.74, 6) is 0.947. The third-order valence-corrected chi connectivity index (χ3v) is 7.02. The Labute approximate surface area is 197 Å². The van der Waals surface area contributed by atoms with Gasteiger partial charge in [-0.2, -0.15) is 0 Å². The molecule has 0 unspecified atom stereocenters. The van der Waals surface area contributed by atoms with Crippen LogP contribution in [0.1, 0.15) is 18.4 Å². The van der Waals surface area contributed by atoms with Gasteiger partial charge in [0.1, 0.15) is 5.75 Å². The Bertz CT molecular complexity index is 1190. The average Bonchev–Trinajstić information content (AvgIpc) is 3.45. The molecule has 170 valence electrons. The first-order chi connectivity index (χ1) is 16.2. The number of nitrogens with one attached hydrogen (secondary N) is 1. The first kappa shape index (κ1) is 21.5. The van der Waals surface area contributed by atoms with Crippen LogP contribution in [-0.2, 0) is 11.2 Å². The van der Waals surface area contributed by atoms with Crippen LogP contribution in [0.2, 0.25) is 0 Å². The normalized spacial score (nSPS) is 16.2. The van der Waals surface area contributed by atoms with Gasteiger partial charge in [0.15, 0.2) is 0 Å². The predicted octanol–water partition coefficient (Wildman–Crippen LogP) is 4.04. The number of hydrogen-bond donors (Lipinski definition) is 1. The Kier molecular flexibility index (Phi) is 6.26. The van der Waals surface area contributed by atoms with Gasteiger partial charge in [0.2, 0.25) is 16.0 Å². The van der Waals surface area contributed by atoms with Gasteiger partial charge in [0.05, 0.1) is 24.9 Å². The van der Waals surface area contributed by atoms with Crippen LogP contribution in [0.15, 0.2) is 60.8 Å². The van der Waals surface area contributed by atoms with Gasteiger partial charge in [-0.3, -0.25) is 4.79 Å². The zero-order valence-electron chi connectivity index (χ0n) is 18.6. The quantitative estimate of drug-likeness (QED) is 0.450. The van der Waals surface area contributed by atoms with Gasteiger partial charge in [-0.1, -0.05) is 41.7 Å². The van der Waals surface area contributed by atoms with E-state index in [0.29, 0.717) is 13.1 Å². The topological polar surface area (TPSA) is 71.8 Å². The number of imidazole rings is 1. The van der Waals surface area contributed by atoms with Gasteiger partial charge in [0, 0.05) is 25.2 Å². The van der Waals surface area contributed by atoms with Crippen LogP contribution in [0.4, 0.5) is 5.13 Å². The molecule has 7 nitrogen and oxygen atoms in total. The fourth-order valence-corrected chi connectivity index (χ4v) is 5.12. The standard InChI is InChI=1S/C25H27N5O2S/c1-32-21-11-9-19(10-12-21)22-17-30-24(27-22)33-25(28-30)29-15-5-8-20(16-29)23(31)26-14-13-18-6-3-2-4-7-18/h2-4,6-7,9-12,17,20H,5,8,13-16H2,1H3,(H,26,31)/t20-/m0/s1. The van der Waals surface area contributed by atoms with E-state index in [4.69, 9.17) is 14.8 Å². The molecule has 8 heteroatoms. The van der Waals surface area contributed by atoms with Gasteiger partial charge in [-0.25, -0.2) is 9.50 Å². The molecular weight excluding hydrogens is 434 g/mol. The lowest BCUT2D eigenvalue weighted by Crippen LogP contribution is -2.43. The van der Waals surface area contributed by atoms with Gasteiger partial charge < -0.3 is 15.0 Å². The first-order valence-corrected chi connectivity index (χ1v) is 12.1. The minimum Gasteiger partial charge on any atom is -0.497 e. The van der Waals surface area contributed by atoms with E-state index in [1.54, 1.807) is 18.4 Å². The molecule has 0 saturated carbocycles. The maximum atomic E-state index is 12.8. The molecule has 2 aromatic carbocycles. The minimum absolute atomic E-state index is 0.0133. The summed E-state index contributed by atoms with van der Waals surface area (Å²) in [6.07, 6.45) is 4.70. The van der Waals surface area contributed by atoms with Crippen molar-refractivity contribution in [1.29, 1.82) is 0 Å². The molecule has 33 heavy (non-hydrogen) atoms. The SMILES string of the molecule is COc1ccc(-c2cn3nc(N4CCC[C@H](C(=O)NCCc5ccccc5)C4)sc3n2)cc1. The van der Waals surface area contributed by atoms with Crippen LogP contribution in [0, 0.1) is 5.92 Å². The largest absolute Gasteiger partial charge is 0.497 e. The third kappa shape index (κ3) is 4.85. The molecule has 1 fully saturated rings. The lowest BCUT2D eigenvalue weighted by atomic mass is 9.97. The van der Waals surface area contributed by atoms with E-state index < -0.39 is 0 Å². The molecule has 0 bridgehead atoms. The molecule has 1 N–H and O–H groups in total. The molecule has 1 aliphatic heterocycles. The number of benzene rings is 2. The molecule has 5 rings (SSSR count). The molecule has 0 radical (unpaired) electrons. The van der Waals surface area contributed by atoms with Crippen molar-refractivity contribution in [2.75, 3.05) is 31.6 Å². The van der Waals surface area contributed by atoms with Crippen molar-refractivity contribution in [2.45, 2.75) is 19.3 Å². The van der Waals surface area contributed by atoms with Crippen molar-refractivity contribution in [3.05, 3.63) is 66.4 Å². The summed E-state index contributed by atoms with van der Waals surface area (Å²) in [4.78, 5) is 20.6. The number of amides is 1. The number of aromatic nitrogens is 3. The van der Waals surface area contributed by atoms with Crippen LogP contribution in [0.3, 0.4) is 0 Å². The van der Waals surface area contributed by atoms with E-state index in [1.807, 2.05) is 53.2 Å². The van der Waals surface area contributed by atoms with E-state index >= 15 is 0 Å². The lowest BCUT2D eigenvalue weighted by molar-refractivity contribution is -0.125. The van der Waals surface area contributed by atoms with Gasteiger partial charge in [-0.05, 0) is 49.1 Å². The summed E-state index contributed by atoms with van der Waals surface area (Å²) < 4.78 is 7.07. The second kappa shape index (κ2) is 9.62. The first-order valence-electron chi connectivity index (χ1n) is 11.3. The van der Waals surface area contributed by atoms with E-state index in [2.05, 4.69) is 22.3 Å². The highest BCUT2D eigenvalue weighted by molar-refractivity contribution is 7.20. The molecule has 4 aromatic rings. The number of rotatable bonds is 7. The van der Waals surface area contributed by atoms with E-state index in [-0.39, 0.29) is 11.8 Å². The zero-order chi connectivity index (χ0) is 22.6. The van der Waals surface area contributed by atoms with Crippen LogP contribution in [0.25, 0.3) is 16.2 Å². The van der Waals surface area contributed by atoms with Gasteiger partial charge in [-0.15, -0.1) is 5.10 Å². The molecule has 1 aliphatic rings. The maximum Gasteiger partial charge on any atom is 0.224 e. The van der Waals surface area contributed by atoms with Crippen molar-refractivity contribution in [1.82, 2.24) is 19.9 Å². The van der Waals surface area contributed by atoms with Crippen LogP contribution in [0.5, 0.6) is 5.75 Å². The summed E-state index contributed by atoms with van der Waals surface area (Å²) in [6, 6.07) is 18.1. The van der Waals surface area contributed by atoms with E-state index in [0.717, 1.165) is 52.9 Å². The number of carbonyl (C=O) groups excluding carboxylic acids is 1. The molecule has 3 heterocycles. The fourth-order valence-electron chi connectivity index (χ4n) is 4.20. The van der Waals surface area contributed by atoms with Crippen molar-refractivity contribution in [2.24, 2.45) is 5.92 Å². The highest BCUT2D eigenvalue weighted by Gasteiger charge is 2.27. The number of methoxy groups -OCH3 is 1. The zero-order valence-corrected chi connectivity index (χ0v) is 19.4. The Morgan fingerprint density at radius 2 is 2.00 bits per heavy atom. The number of piperidine rings is 1. The Morgan fingerprint density at radius 3 is 2.76 bits per heavy atom. The number of nitrogens with zero attached hydrogens (tertiary/aromatic N) is 4. The Morgan fingerprint density at radius 1 is 1.18 bits per heavy atom. The summed E-state index contributed by atoms with van der Waals surface area (Å²) in [7, 11) is 1.66. The van der Waals surface area contributed by atoms with Crippen molar-refractivity contribution >= 4 is 27.3 Å². The minimum atomic E-state index is -0.0133. The van der Waals surface area contributed by atoms with Crippen LogP contribution < -0.4 is 15.0 Å². The molecule has 1 amide bonds. The van der Waals surface area contributed by atoms with Gasteiger partial charge >= 0.3 is 0 Å². The number of hydrogen-bond acceptors (Lipinski definition) is 6.